The van der Waals surface area contributed by atoms with E-state index in [2.05, 4.69) is 27.9 Å². The number of benzene rings is 1. The van der Waals surface area contributed by atoms with E-state index in [1.165, 1.54) is 30.5 Å². The van der Waals surface area contributed by atoms with Crippen LogP contribution in [0.1, 0.15) is 18.4 Å². The topological polar surface area (TPSA) is 3.24 Å². The van der Waals surface area contributed by atoms with Gasteiger partial charge in [-0.15, -0.1) is 0 Å². The van der Waals surface area contributed by atoms with Crippen molar-refractivity contribution in [3.05, 3.63) is 35.6 Å². The van der Waals surface area contributed by atoms with Gasteiger partial charge in [0.2, 0.25) is 0 Å². The second kappa shape index (κ2) is 4.84. The van der Waals surface area contributed by atoms with E-state index in [0.717, 1.165) is 18.4 Å². The first kappa shape index (κ1) is 12.1. The van der Waals surface area contributed by atoms with Gasteiger partial charge in [-0.05, 0) is 43.0 Å². The molecule has 0 atom stereocenters. The Hall–Kier alpha value is -0.410. The maximum atomic E-state index is 12.7. The zero-order valence-corrected chi connectivity index (χ0v) is 11.1. The van der Waals surface area contributed by atoms with Crippen LogP contribution in [-0.2, 0) is 6.54 Å². The number of hydrogen-bond acceptors (Lipinski definition) is 1. The second-order valence-corrected chi connectivity index (χ2v) is 5.49. The van der Waals surface area contributed by atoms with Crippen LogP contribution in [0, 0.1) is 11.2 Å². The molecule has 1 aromatic carbocycles. The van der Waals surface area contributed by atoms with E-state index in [-0.39, 0.29) is 5.82 Å². The summed E-state index contributed by atoms with van der Waals surface area (Å²) in [5.74, 6) is -0.162. The molecule has 1 aromatic rings. The number of alkyl halides is 1. The summed E-state index contributed by atoms with van der Waals surface area (Å²) in [7, 11) is 2.13. The SMILES string of the molecule is CN(Cc1ccc(F)cc1)CC1(CBr)CC1. The van der Waals surface area contributed by atoms with E-state index in [1.807, 2.05) is 12.1 Å². The molecule has 1 nitrogen and oxygen atoms in total. The van der Waals surface area contributed by atoms with E-state index in [9.17, 15) is 4.39 Å². The first-order valence-electron chi connectivity index (χ1n) is 5.63. The molecule has 88 valence electrons. The van der Waals surface area contributed by atoms with Crippen molar-refractivity contribution >= 4 is 15.9 Å². The molecule has 0 heterocycles. The monoisotopic (exact) mass is 285 g/mol. The molecule has 0 bridgehead atoms. The van der Waals surface area contributed by atoms with Crippen molar-refractivity contribution in [1.29, 1.82) is 0 Å². The Balaban J connectivity index is 1.87. The van der Waals surface area contributed by atoms with Gasteiger partial charge in [0.15, 0.2) is 0 Å². The minimum atomic E-state index is -0.162. The molecule has 1 aliphatic rings. The maximum absolute atomic E-state index is 12.7. The van der Waals surface area contributed by atoms with Crippen LogP contribution in [0.5, 0.6) is 0 Å². The van der Waals surface area contributed by atoms with Crippen LogP contribution in [0.2, 0.25) is 0 Å². The molecule has 0 saturated heterocycles. The third-order valence-electron chi connectivity index (χ3n) is 3.21. The van der Waals surface area contributed by atoms with Gasteiger partial charge in [-0.2, -0.15) is 0 Å². The Morgan fingerprint density at radius 1 is 1.31 bits per heavy atom. The lowest BCUT2D eigenvalue weighted by atomic mass is 10.1. The largest absolute Gasteiger partial charge is 0.302 e. The number of nitrogens with zero attached hydrogens (tertiary/aromatic N) is 1. The summed E-state index contributed by atoms with van der Waals surface area (Å²) in [4.78, 5) is 2.32. The van der Waals surface area contributed by atoms with Gasteiger partial charge in [0.05, 0.1) is 0 Å². The van der Waals surface area contributed by atoms with Crippen molar-refractivity contribution in [3.8, 4) is 0 Å². The quantitative estimate of drug-likeness (QED) is 0.750. The van der Waals surface area contributed by atoms with E-state index >= 15 is 0 Å². The maximum Gasteiger partial charge on any atom is 0.123 e. The smallest absolute Gasteiger partial charge is 0.123 e. The second-order valence-electron chi connectivity index (χ2n) is 4.93. The van der Waals surface area contributed by atoms with Gasteiger partial charge in [-0.25, -0.2) is 4.39 Å². The lowest BCUT2D eigenvalue weighted by Gasteiger charge is -2.22. The van der Waals surface area contributed by atoms with Crippen molar-refractivity contribution in [1.82, 2.24) is 4.90 Å². The van der Waals surface area contributed by atoms with Crippen molar-refractivity contribution in [2.45, 2.75) is 19.4 Å². The number of halogens is 2. The van der Waals surface area contributed by atoms with E-state index in [0.29, 0.717) is 5.41 Å². The predicted octanol–water partition coefficient (Wildman–Crippen LogP) is 3.43. The molecule has 3 heteroatoms. The first-order valence-corrected chi connectivity index (χ1v) is 6.75. The molecular formula is C13H17BrFN. The zero-order valence-electron chi connectivity index (χ0n) is 9.55. The molecule has 2 rings (SSSR count). The van der Waals surface area contributed by atoms with Crippen LogP contribution < -0.4 is 0 Å². The fraction of sp³-hybridized carbons (Fsp3) is 0.538. The van der Waals surface area contributed by atoms with E-state index < -0.39 is 0 Å². The molecule has 0 aromatic heterocycles. The summed E-state index contributed by atoms with van der Waals surface area (Å²) in [6.45, 7) is 2.02. The molecule has 16 heavy (non-hydrogen) atoms. The van der Waals surface area contributed by atoms with Crippen LogP contribution in [0.15, 0.2) is 24.3 Å². The van der Waals surface area contributed by atoms with Gasteiger partial charge >= 0.3 is 0 Å². The zero-order chi connectivity index (χ0) is 11.6. The van der Waals surface area contributed by atoms with Crippen molar-refractivity contribution in [2.24, 2.45) is 5.41 Å². The van der Waals surface area contributed by atoms with Crippen LogP contribution in [0.25, 0.3) is 0 Å². The molecule has 0 amide bonds. The van der Waals surface area contributed by atoms with Gasteiger partial charge in [-0.3, -0.25) is 0 Å². The van der Waals surface area contributed by atoms with Gasteiger partial charge in [0.1, 0.15) is 5.82 Å². The Bertz CT molecular complexity index is 345. The van der Waals surface area contributed by atoms with Crippen molar-refractivity contribution in [3.63, 3.8) is 0 Å². The highest BCUT2D eigenvalue weighted by atomic mass is 79.9. The minimum absolute atomic E-state index is 0.162. The van der Waals surface area contributed by atoms with Crippen LogP contribution in [-0.4, -0.2) is 23.8 Å². The summed E-state index contributed by atoms with van der Waals surface area (Å²) in [6, 6.07) is 6.78. The molecule has 0 radical (unpaired) electrons. The third-order valence-corrected chi connectivity index (χ3v) is 4.40. The molecule has 1 aliphatic carbocycles. The molecule has 1 saturated carbocycles. The summed E-state index contributed by atoms with van der Waals surface area (Å²) in [5.41, 5.74) is 1.68. The van der Waals surface area contributed by atoms with Gasteiger partial charge in [0, 0.05) is 18.4 Å². The summed E-state index contributed by atoms with van der Waals surface area (Å²) in [6.07, 6.45) is 2.65. The molecule has 0 unspecified atom stereocenters. The Labute approximate surface area is 105 Å². The van der Waals surface area contributed by atoms with Crippen LogP contribution in [0.3, 0.4) is 0 Å². The van der Waals surface area contributed by atoms with Crippen LogP contribution >= 0.6 is 15.9 Å². The lowest BCUT2D eigenvalue weighted by molar-refractivity contribution is 0.271. The van der Waals surface area contributed by atoms with E-state index in [4.69, 9.17) is 0 Å². The van der Waals surface area contributed by atoms with Gasteiger partial charge in [0.25, 0.3) is 0 Å². The molecule has 0 N–H and O–H groups in total. The van der Waals surface area contributed by atoms with Crippen molar-refractivity contribution in [2.75, 3.05) is 18.9 Å². The average molecular weight is 286 g/mol. The fourth-order valence-electron chi connectivity index (χ4n) is 2.04. The van der Waals surface area contributed by atoms with Gasteiger partial charge < -0.3 is 4.90 Å². The summed E-state index contributed by atoms with van der Waals surface area (Å²) < 4.78 is 12.7. The Morgan fingerprint density at radius 2 is 1.94 bits per heavy atom. The summed E-state index contributed by atoms with van der Waals surface area (Å²) >= 11 is 3.58. The molecule has 0 aliphatic heterocycles. The number of hydrogen-bond donors (Lipinski definition) is 0. The van der Waals surface area contributed by atoms with Gasteiger partial charge in [-0.1, -0.05) is 28.1 Å². The average Bonchev–Trinajstić information content (AvgIpc) is 3.02. The molecular weight excluding hydrogens is 269 g/mol. The van der Waals surface area contributed by atoms with E-state index in [1.54, 1.807) is 0 Å². The number of rotatable bonds is 5. The lowest BCUT2D eigenvalue weighted by Crippen LogP contribution is -2.27. The Kier molecular flexibility index (Phi) is 3.65. The minimum Gasteiger partial charge on any atom is -0.302 e. The third kappa shape index (κ3) is 3.05. The normalized spacial score (nSPS) is 17.8. The first-order chi connectivity index (χ1) is 7.63. The summed E-state index contributed by atoms with van der Waals surface area (Å²) in [5, 5.41) is 1.09. The molecule has 1 fully saturated rings. The highest BCUT2D eigenvalue weighted by molar-refractivity contribution is 9.09. The van der Waals surface area contributed by atoms with Crippen molar-refractivity contribution < 1.29 is 4.39 Å². The fourth-order valence-corrected chi connectivity index (χ4v) is 2.78. The standard InChI is InChI=1S/C13H17BrFN/c1-16(10-13(9-14)6-7-13)8-11-2-4-12(15)5-3-11/h2-5H,6-10H2,1H3. The van der Waals surface area contributed by atoms with Crippen LogP contribution in [0.4, 0.5) is 4.39 Å². The predicted molar refractivity (Wildman–Crippen MR) is 68.2 cm³/mol. The Morgan fingerprint density at radius 3 is 2.44 bits per heavy atom. The highest BCUT2D eigenvalue weighted by Gasteiger charge is 2.41. The highest BCUT2D eigenvalue weighted by Crippen LogP contribution is 2.47. The molecule has 0 spiro atoms.